The van der Waals surface area contributed by atoms with Crippen molar-refractivity contribution in [3.63, 3.8) is 0 Å². The largest absolute Gasteiger partial charge is 0.391 e. The van der Waals surface area contributed by atoms with Gasteiger partial charge in [0.25, 0.3) is 11.8 Å². The summed E-state index contributed by atoms with van der Waals surface area (Å²) in [5, 5.41) is 33.8. The molecule has 2 saturated carbocycles. The van der Waals surface area contributed by atoms with Gasteiger partial charge in [-0.1, -0.05) is 135 Å². The topological polar surface area (TPSA) is 188 Å². The van der Waals surface area contributed by atoms with Crippen LogP contribution in [-0.4, -0.2) is 105 Å². The van der Waals surface area contributed by atoms with Gasteiger partial charge in [0.15, 0.2) is 0 Å². The molecule has 0 unspecified atom stereocenters. The number of nitrogens with one attached hydrogen (secondary N) is 4. The molecule has 0 aromatic heterocycles. The van der Waals surface area contributed by atoms with Gasteiger partial charge in [0.05, 0.1) is 24.3 Å². The Morgan fingerprint density at radius 2 is 0.857 bits per heavy atom. The molecule has 4 aromatic carbocycles. The molecular formula is C56H62N8O6. The highest BCUT2D eigenvalue weighted by Crippen LogP contribution is 2.35. The van der Waals surface area contributed by atoms with Crippen molar-refractivity contribution >= 4 is 46.4 Å². The summed E-state index contributed by atoms with van der Waals surface area (Å²) in [7, 11) is 0. The molecule has 14 nitrogen and oxygen atoms in total. The lowest BCUT2D eigenvalue weighted by Gasteiger charge is -2.30. The van der Waals surface area contributed by atoms with Crippen LogP contribution in [0.5, 0.6) is 0 Å². The third-order valence-corrected chi connectivity index (χ3v) is 14.9. The van der Waals surface area contributed by atoms with E-state index in [1.165, 1.54) is 0 Å². The number of urea groups is 2. The molecule has 10 rings (SSSR count). The standard InChI is InChI=1S/C56H62N8O6/c65-45-29-49(63(33-45)53(67)51(39-11-3-1-4-12-39)61-55(69)59-43-15-7-8-16-43)47-27-41(31-57-47)37-23-19-35(20-24-37)36-21-25-38(26-22-36)42-28-48(58-32-42)50-30-46(66)34-64(50)54(68)52(40-13-5-2-6-14-40)62-56(70)60-44-17-9-10-18-44/h1-6,11-14,19-26,31-32,43-46,49-52,65-66H,7-10,15-18,27-30,33-34H2,(H2,59,61,69)(H2,60,62,70)/t45-,46-,49+,50+,51-,52-/m1/s1. The SMILES string of the molecule is O=C(NC1CCCC1)N[C@@H](C(=O)N1C[C@H](O)C[C@H]1C1=NC=C(c2ccc(-c3ccc(C4=CN=C([C@@H]5C[C@@H](O)CN5C(=O)[C@H](NC(=O)NC5CCCC5)c5ccccc5)C4)cc3)cc2)C1)c1ccccc1. The number of hydrogen-bond donors (Lipinski definition) is 6. The normalized spacial score (nSPS) is 23.3. The van der Waals surface area contributed by atoms with Crippen LogP contribution >= 0.6 is 0 Å². The number of amides is 6. The minimum Gasteiger partial charge on any atom is -0.391 e. The van der Waals surface area contributed by atoms with Crippen LogP contribution in [0.4, 0.5) is 9.59 Å². The van der Waals surface area contributed by atoms with Crippen molar-refractivity contribution in [3.8, 4) is 11.1 Å². The highest BCUT2D eigenvalue weighted by atomic mass is 16.3. The van der Waals surface area contributed by atoms with Gasteiger partial charge in [-0.25, -0.2) is 9.59 Å². The maximum absolute atomic E-state index is 14.3. The summed E-state index contributed by atoms with van der Waals surface area (Å²) in [6.07, 6.45) is 12.2. The highest BCUT2D eigenvalue weighted by Gasteiger charge is 2.43. The van der Waals surface area contributed by atoms with Crippen LogP contribution < -0.4 is 21.3 Å². The number of carbonyl (C=O) groups is 4. The number of aliphatic imine (C=N–C) groups is 2. The minimum atomic E-state index is -0.910. The van der Waals surface area contributed by atoms with Crippen molar-refractivity contribution < 1.29 is 29.4 Å². The lowest BCUT2D eigenvalue weighted by atomic mass is 9.94. The number of aliphatic hydroxyl groups excluding tert-OH is 2. The monoisotopic (exact) mass is 942 g/mol. The molecule has 6 amide bonds. The predicted molar refractivity (Wildman–Crippen MR) is 270 cm³/mol. The molecule has 6 N–H and O–H groups in total. The molecule has 0 radical (unpaired) electrons. The third kappa shape index (κ3) is 10.5. The number of hydrogen-bond acceptors (Lipinski definition) is 8. The van der Waals surface area contributed by atoms with Crippen LogP contribution in [0.3, 0.4) is 0 Å². The van der Waals surface area contributed by atoms with Crippen LogP contribution in [0, 0.1) is 0 Å². The maximum Gasteiger partial charge on any atom is 0.315 e. The Kier molecular flexibility index (Phi) is 14.0. The number of carbonyl (C=O) groups excluding carboxylic acids is 4. The van der Waals surface area contributed by atoms with Gasteiger partial charge in [0, 0.05) is 74.7 Å². The van der Waals surface area contributed by atoms with Crippen molar-refractivity contribution in [2.45, 2.75) is 126 Å². The van der Waals surface area contributed by atoms with Gasteiger partial charge < -0.3 is 41.3 Å². The van der Waals surface area contributed by atoms with Gasteiger partial charge in [-0.05, 0) is 70.2 Å². The van der Waals surface area contributed by atoms with Crippen LogP contribution in [0.25, 0.3) is 22.3 Å². The van der Waals surface area contributed by atoms with E-state index in [1.54, 1.807) is 9.80 Å². The fraction of sp³-hybridized carbons (Fsp3) is 0.393. The number of aliphatic hydroxyl groups is 2. The first-order valence-corrected chi connectivity index (χ1v) is 25.1. The lowest BCUT2D eigenvalue weighted by Crippen LogP contribution is -2.50. The van der Waals surface area contributed by atoms with Crippen LogP contribution in [0.2, 0.25) is 0 Å². The van der Waals surface area contributed by atoms with Crippen LogP contribution in [-0.2, 0) is 9.59 Å². The number of nitrogens with zero attached hydrogens (tertiary/aromatic N) is 4. The van der Waals surface area contributed by atoms with Crippen molar-refractivity contribution in [1.29, 1.82) is 0 Å². The molecular weight excluding hydrogens is 881 g/mol. The maximum atomic E-state index is 14.3. The van der Waals surface area contributed by atoms with Gasteiger partial charge in [-0.15, -0.1) is 0 Å². The fourth-order valence-electron chi connectivity index (χ4n) is 11.2. The van der Waals surface area contributed by atoms with E-state index in [0.29, 0.717) is 36.8 Å². The summed E-state index contributed by atoms with van der Waals surface area (Å²) in [6.45, 7) is 0.318. The summed E-state index contributed by atoms with van der Waals surface area (Å²) in [6, 6.07) is 32.1. The summed E-state index contributed by atoms with van der Waals surface area (Å²) >= 11 is 0. The van der Waals surface area contributed by atoms with Crippen LogP contribution in [0.1, 0.15) is 111 Å². The molecule has 4 fully saturated rings. The molecule has 4 aliphatic heterocycles. The summed E-state index contributed by atoms with van der Waals surface area (Å²) in [5.41, 5.74) is 9.17. The fourth-order valence-corrected chi connectivity index (χ4v) is 11.2. The van der Waals surface area contributed by atoms with E-state index in [2.05, 4.69) is 69.8 Å². The van der Waals surface area contributed by atoms with Crippen molar-refractivity contribution in [3.05, 3.63) is 144 Å². The van der Waals surface area contributed by atoms with Gasteiger partial charge in [-0.2, -0.15) is 0 Å². The quantitative estimate of drug-likeness (QED) is 0.0801. The molecule has 6 atom stereocenters. The Labute approximate surface area is 409 Å². The first kappa shape index (κ1) is 46.8. The Bertz CT molecular complexity index is 2490. The molecule has 4 aromatic rings. The van der Waals surface area contributed by atoms with Crippen LogP contribution in [0.15, 0.2) is 132 Å². The second-order valence-electron chi connectivity index (χ2n) is 19.7. The van der Waals surface area contributed by atoms with Gasteiger partial charge in [0.1, 0.15) is 12.1 Å². The third-order valence-electron chi connectivity index (χ3n) is 14.9. The average molecular weight is 943 g/mol. The van der Waals surface area contributed by atoms with Gasteiger partial charge >= 0.3 is 12.1 Å². The summed E-state index contributed by atoms with van der Waals surface area (Å²) in [5.74, 6) is -0.541. The van der Waals surface area contributed by atoms with E-state index in [4.69, 9.17) is 9.98 Å². The Balaban J connectivity index is 0.754. The molecule has 4 heterocycles. The zero-order valence-electron chi connectivity index (χ0n) is 39.4. The zero-order valence-corrected chi connectivity index (χ0v) is 39.4. The molecule has 14 heteroatoms. The zero-order chi connectivity index (χ0) is 48.1. The Hall–Kier alpha value is -6.90. The van der Waals surface area contributed by atoms with E-state index in [9.17, 15) is 29.4 Å². The molecule has 70 heavy (non-hydrogen) atoms. The minimum absolute atomic E-state index is 0.102. The van der Waals surface area contributed by atoms with E-state index >= 15 is 0 Å². The van der Waals surface area contributed by atoms with E-state index in [0.717, 1.165) is 96.2 Å². The second-order valence-corrected chi connectivity index (χ2v) is 19.7. The molecule has 2 aliphatic carbocycles. The number of allylic oxidation sites excluding steroid dienone is 2. The van der Waals surface area contributed by atoms with E-state index in [-0.39, 0.29) is 49.0 Å². The average Bonchev–Trinajstić information content (AvgIpc) is 4.26. The van der Waals surface area contributed by atoms with Crippen molar-refractivity contribution in [1.82, 2.24) is 31.1 Å². The number of benzene rings is 4. The Morgan fingerprint density at radius 3 is 1.23 bits per heavy atom. The second kappa shape index (κ2) is 21.0. The van der Waals surface area contributed by atoms with Crippen molar-refractivity contribution in [2.75, 3.05) is 13.1 Å². The lowest BCUT2D eigenvalue weighted by molar-refractivity contribution is -0.134. The number of rotatable bonds is 13. The molecule has 0 spiro atoms. The van der Waals surface area contributed by atoms with Gasteiger partial charge in [-0.3, -0.25) is 19.6 Å². The predicted octanol–water partition coefficient (Wildman–Crippen LogP) is 7.61. The molecule has 0 bridgehead atoms. The van der Waals surface area contributed by atoms with E-state index in [1.807, 2.05) is 73.1 Å². The highest BCUT2D eigenvalue weighted by molar-refractivity contribution is 6.05. The smallest absolute Gasteiger partial charge is 0.315 e. The number of β-amino-alcohol motifs (C(OH)–C–C–N with tert-alkyl or cyclic N) is 2. The number of likely N-dealkylation sites (tertiary alicyclic amines) is 2. The van der Waals surface area contributed by atoms with E-state index < -0.39 is 36.4 Å². The molecule has 6 aliphatic rings. The molecule has 362 valence electrons. The molecule has 2 saturated heterocycles. The van der Waals surface area contributed by atoms with Gasteiger partial charge in [0.2, 0.25) is 0 Å². The first-order valence-electron chi connectivity index (χ1n) is 25.1. The summed E-state index contributed by atoms with van der Waals surface area (Å²) in [4.78, 5) is 68.0. The summed E-state index contributed by atoms with van der Waals surface area (Å²) < 4.78 is 0. The first-order chi connectivity index (χ1) is 34.1. The van der Waals surface area contributed by atoms with Crippen molar-refractivity contribution in [2.24, 2.45) is 9.98 Å². The Morgan fingerprint density at radius 1 is 0.500 bits per heavy atom.